The molecule has 0 nitrogen and oxygen atoms in total. The first-order valence-electron chi connectivity index (χ1n) is 3.99. The fourth-order valence-corrected chi connectivity index (χ4v) is 2.24. The van der Waals surface area contributed by atoms with Crippen LogP contribution in [0.1, 0.15) is 18.1 Å². The van der Waals surface area contributed by atoms with Crippen molar-refractivity contribution < 1.29 is 0 Å². The average Bonchev–Trinajstić information content (AvgIpc) is 2.29. The first-order valence-corrected chi connectivity index (χ1v) is 4.99. The van der Waals surface area contributed by atoms with Gasteiger partial charge >= 0.3 is 85.1 Å². The normalized spacial score (nSPS) is 27.2. The summed E-state index contributed by atoms with van der Waals surface area (Å²) in [4.78, 5) is 0. The summed E-state index contributed by atoms with van der Waals surface area (Å²) >= 11 is 1.20. The van der Waals surface area contributed by atoms with Crippen molar-refractivity contribution in [2.75, 3.05) is 0 Å². The Morgan fingerprint density at radius 1 is 1.27 bits per heavy atom. The summed E-state index contributed by atoms with van der Waals surface area (Å²) in [6.07, 6.45) is 4.56. The van der Waals surface area contributed by atoms with Gasteiger partial charge in [0.15, 0.2) is 0 Å². The van der Waals surface area contributed by atoms with Crippen molar-refractivity contribution in [2.24, 2.45) is 0 Å². The van der Waals surface area contributed by atoms with E-state index >= 15 is 0 Å². The molecule has 0 heterocycles. The van der Waals surface area contributed by atoms with Crippen molar-refractivity contribution in [3.05, 3.63) is 41.5 Å². The van der Waals surface area contributed by atoms with E-state index in [1.54, 1.807) is 0 Å². The number of hydrogen-bond donors (Lipinski definition) is 0. The second-order valence-corrected chi connectivity index (χ2v) is 5.72. The molecule has 0 amide bonds. The van der Waals surface area contributed by atoms with Gasteiger partial charge < -0.3 is 0 Å². The number of hydrogen-bond acceptors (Lipinski definition) is 0. The molecule has 1 aromatic carbocycles. The molecule has 1 aliphatic rings. The van der Waals surface area contributed by atoms with E-state index in [1.807, 2.05) is 0 Å². The third kappa shape index (κ3) is 1.20. The van der Waals surface area contributed by atoms with Gasteiger partial charge in [0, 0.05) is 0 Å². The Morgan fingerprint density at radius 2 is 2.00 bits per heavy atom. The molecule has 2 rings (SSSR count). The van der Waals surface area contributed by atoms with E-state index in [1.165, 1.54) is 39.1 Å². The van der Waals surface area contributed by atoms with Crippen LogP contribution in [0, 0.1) is 0 Å². The number of rotatable bonds is 0. The van der Waals surface area contributed by atoms with E-state index in [9.17, 15) is 0 Å². The molecule has 0 saturated heterocycles. The predicted molar refractivity (Wildman–Crippen MR) is 48.6 cm³/mol. The topological polar surface area (TPSA) is 0 Å². The summed E-state index contributed by atoms with van der Waals surface area (Å²) in [6, 6.07) is 8.66. The van der Waals surface area contributed by atoms with Gasteiger partial charge in [0.2, 0.25) is 0 Å². The summed E-state index contributed by atoms with van der Waals surface area (Å²) < 4.78 is 0.386. The Morgan fingerprint density at radius 3 is 2.73 bits per heavy atom. The van der Waals surface area contributed by atoms with E-state index in [0.29, 0.717) is 2.66 Å². The van der Waals surface area contributed by atoms with Gasteiger partial charge in [0.05, 0.1) is 0 Å². The molecule has 1 atom stereocenters. The molecular formula is C10H9Na. The SMILES string of the molecule is C[C]1([Na])C=Cc2ccccc21. The van der Waals surface area contributed by atoms with Crippen molar-refractivity contribution in [1.82, 2.24) is 0 Å². The van der Waals surface area contributed by atoms with Gasteiger partial charge in [-0.2, -0.15) is 0 Å². The third-order valence-electron chi connectivity index (χ3n) is 2.33. The molecule has 0 fully saturated rings. The van der Waals surface area contributed by atoms with Crippen LogP contribution in [-0.4, -0.2) is 27.9 Å². The summed E-state index contributed by atoms with van der Waals surface area (Å²) in [7, 11) is 0. The zero-order valence-electron chi connectivity index (χ0n) is 6.96. The Hall–Kier alpha value is -0.0400. The van der Waals surface area contributed by atoms with Crippen LogP contribution >= 0.6 is 0 Å². The van der Waals surface area contributed by atoms with E-state index < -0.39 is 0 Å². The maximum atomic E-state index is 2.32. The molecule has 0 bridgehead atoms. The van der Waals surface area contributed by atoms with E-state index in [0.717, 1.165) is 0 Å². The first-order chi connectivity index (χ1) is 5.20. The summed E-state index contributed by atoms with van der Waals surface area (Å²) in [6.45, 7) is 2.31. The van der Waals surface area contributed by atoms with Gasteiger partial charge in [-0.3, -0.25) is 0 Å². The molecule has 0 radical (unpaired) electrons. The number of allylic oxidation sites excluding steroid dienone is 1. The van der Waals surface area contributed by atoms with Crippen molar-refractivity contribution in [2.45, 2.75) is 9.59 Å². The van der Waals surface area contributed by atoms with Crippen molar-refractivity contribution in [1.29, 1.82) is 0 Å². The Kier molecular flexibility index (Phi) is 1.71. The van der Waals surface area contributed by atoms with Crippen LogP contribution < -0.4 is 0 Å². The van der Waals surface area contributed by atoms with Crippen LogP contribution in [0.5, 0.6) is 0 Å². The fourth-order valence-electron chi connectivity index (χ4n) is 1.62. The Balaban J connectivity index is 2.64. The zero-order valence-corrected chi connectivity index (χ0v) is 8.96. The fraction of sp³-hybridized carbons (Fsp3) is 0.200. The monoisotopic (exact) mass is 152 g/mol. The molecule has 1 aromatic rings. The molecule has 0 aliphatic heterocycles. The van der Waals surface area contributed by atoms with Crippen LogP contribution in [0.15, 0.2) is 30.3 Å². The molecule has 0 aromatic heterocycles. The summed E-state index contributed by atoms with van der Waals surface area (Å²) in [5, 5.41) is 0. The molecule has 0 N–H and O–H groups in total. The van der Waals surface area contributed by atoms with Crippen molar-refractivity contribution >= 4 is 34.0 Å². The Bertz CT molecular complexity index is 310. The minimum atomic E-state index is 0.386. The standard InChI is InChI=1S/C10H9.Na/c1-8-6-7-9-4-2-3-5-10(8)9;/h2-7H,1H3;. The predicted octanol–water partition coefficient (Wildman–Crippen LogP) is 2.10. The second-order valence-electron chi connectivity index (χ2n) is 3.64. The number of benzene rings is 1. The van der Waals surface area contributed by atoms with Crippen LogP contribution in [0.3, 0.4) is 0 Å². The average molecular weight is 152 g/mol. The molecule has 0 saturated carbocycles. The minimum absolute atomic E-state index is 0.386. The maximum absolute atomic E-state index is 2.32. The summed E-state index contributed by atoms with van der Waals surface area (Å²) in [5.41, 5.74) is 2.91. The second kappa shape index (κ2) is 2.48. The third-order valence-corrected chi connectivity index (χ3v) is 3.21. The quantitative estimate of drug-likeness (QED) is 0.499. The molecule has 1 aliphatic carbocycles. The molecule has 11 heavy (non-hydrogen) atoms. The van der Waals surface area contributed by atoms with Crippen molar-refractivity contribution in [3.8, 4) is 0 Å². The zero-order chi connectivity index (χ0) is 7.90. The van der Waals surface area contributed by atoms with Gasteiger partial charge in [-0.15, -0.1) is 0 Å². The molecule has 1 unspecified atom stereocenters. The van der Waals surface area contributed by atoms with E-state index in [-0.39, 0.29) is 0 Å². The molecule has 50 valence electrons. The molecule has 0 spiro atoms. The van der Waals surface area contributed by atoms with Gasteiger partial charge in [-0.25, -0.2) is 0 Å². The summed E-state index contributed by atoms with van der Waals surface area (Å²) in [5.74, 6) is 0. The van der Waals surface area contributed by atoms with Crippen molar-refractivity contribution in [3.63, 3.8) is 0 Å². The van der Waals surface area contributed by atoms with Crippen LogP contribution in [-0.2, 0) is 2.66 Å². The van der Waals surface area contributed by atoms with Crippen LogP contribution in [0.2, 0.25) is 0 Å². The Labute approximate surface area is 84.7 Å². The van der Waals surface area contributed by atoms with Gasteiger partial charge in [0.1, 0.15) is 0 Å². The van der Waals surface area contributed by atoms with Gasteiger partial charge in [-0.1, -0.05) is 0 Å². The number of fused-ring (bicyclic) bond motifs is 1. The van der Waals surface area contributed by atoms with E-state index in [4.69, 9.17) is 0 Å². The van der Waals surface area contributed by atoms with E-state index in [2.05, 4.69) is 43.3 Å². The molecule has 1 heteroatoms. The van der Waals surface area contributed by atoms with Gasteiger partial charge in [-0.05, 0) is 0 Å². The van der Waals surface area contributed by atoms with Crippen LogP contribution in [0.4, 0.5) is 0 Å². The molecular weight excluding hydrogens is 143 g/mol. The van der Waals surface area contributed by atoms with Crippen LogP contribution in [0.25, 0.3) is 6.08 Å². The van der Waals surface area contributed by atoms with Gasteiger partial charge in [0.25, 0.3) is 0 Å². The first kappa shape index (κ1) is 7.60.